The molecule has 14 heavy (non-hydrogen) atoms. The molecule has 0 fully saturated rings. The topological polar surface area (TPSA) is 47.6 Å². The zero-order valence-corrected chi connectivity index (χ0v) is 8.51. The van der Waals surface area contributed by atoms with Gasteiger partial charge in [0.25, 0.3) is 0 Å². The van der Waals surface area contributed by atoms with Gasteiger partial charge in [-0.05, 0) is 19.1 Å². The maximum atomic E-state index is 8.49. The largest absolute Gasteiger partial charge is 0.192 e. The Kier molecular flexibility index (Phi) is 3.79. The molecule has 1 rings (SSSR count). The van der Waals surface area contributed by atoms with E-state index in [1.807, 2.05) is 43.3 Å². The van der Waals surface area contributed by atoms with Crippen LogP contribution in [0.25, 0.3) is 0 Å². The van der Waals surface area contributed by atoms with Crippen LogP contribution in [0.2, 0.25) is 0 Å². The number of nitriles is 2. The van der Waals surface area contributed by atoms with Crippen LogP contribution in [0.5, 0.6) is 0 Å². The number of thioether (sulfide) groups is 1. The SMILES string of the molecule is Cc1ccc(SC=C(C#N)C#N)cc1. The Hall–Kier alpha value is -1.71. The highest BCUT2D eigenvalue weighted by Crippen LogP contribution is 2.20. The first kappa shape index (κ1) is 10.4. The molecule has 0 bridgehead atoms. The third-order valence-corrected chi connectivity index (χ3v) is 2.47. The van der Waals surface area contributed by atoms with Crippen molar-refractivity contribution in [1.29, 1.82) is 10.5 Å². The average molecular weight is 200 g/mol. The third-order valence-electron chi connectivity index (χ3n) is 1.57. The van der Waals surface area contributed by atoms with Gasteiger partial charge >= 0.3 is 0 Å². The van der Waals surface area contributed by atoms with Gasteiger partial charge in [-0.15, -0.1) is 0 Å². The van der Waals surface area contributed by atoms with E-state index in [0.717, 1.165) is 4.90 Å². The fourth-order valence-electron chi connectivity index (χ4n) is 0.822. The molecule has 1 aromatic rings. The molecule has 0 amide bonds. The molecule has 0 saturated heterocycles. The highest BCUT2D eigenvalue weighted by atomic mass is 32.2. The van der Waals surface area contributed by atoms with Crippen molar-refractivity contribution in [2.45, 2.75) is 11.8 Å². The molecule has 0 aliphatic carbocycles. The number of aryl methyl sites for hydroxylation is 1. The first-order valence-electron chi connectivity index (χ1n) is 4.00. The molecule has 0 heterocycles. The summed E-state index contributed by atoms with van der Waals surface area (Å²) in [6, 6.07) is 11.5. The average Bonchev–Trinajstić information content (AvgIpc) is 2.22. The van der Waals surface area contributed by atoms with Gasteiger partial charge in [0.1, 0.15) is 17.7 Å². The maximum Gasteiger partial charge on any atom is 0.136 e. The first-order chi connectivity index (χ1) is 6.76. The Morgan fingerprint density at radius 3 is 2.29 bits per heavy atom. The predicted molar refractivity (Wildman–Crippen MR) is 56.3 cm³/mol. The fourth-order valence-corrected chi connectivity index (χ4v) is 1.47. The van der Waals surface area contributed by atoms with Gasteiger partial charge in [-0.25, -0.2) is 0 Å². The van der Waals surface area contributed by atoms with Crippen molar-refractivity contribution in [3.05, 3.63) is 40.8 Å². The monoisotopic (exact) mass is 200 g/mol. The van der Waals surface area contributed by atoms with Crippen molar-refractivity contribution in [1.82, 2.24) is 0 Å². The molecule has 0 atom stereocenters. The summed E-state index contributed by atoms with van der Waals surface area (Å²) in [5.41, 5.74) is 1.33. The summed E-state index contributed by atoms with van der Waals surface area (Å²) in [7, 11) is 0. The number of nitrogens with zero attached hydrogens (tertiary/aromatic N) is 2. The summed E-state index contributed by atoms with van der Waals surface area (Å²) in [5, 5.41) is 18.5. The molecular weight excluding hydrogens is 192 g/mol. The summed E-state index contributed by atoms with van der Waals surface area (Å²) in [4.78, 5) is 1.03. The number of rotatable bonds is 2. The molecule has 0 aromatic heterocycles. The van der Waals surface area contributed by atoms with Crippen molar-refractivity contribution in [3.63, 3.8) is 0 Å². The lowest BCUT2D eigenvalue weighted by Gasteiger charge is -1.95. The van der Waals surface area contributed by atoms with Crippen molar-refractivity contribution >= 4 is 11.8 Å². The second-order valence-corrected chi connectivity index (χ2v) is 3.63. The van der Waals surface area contributed by atoms with E-state index in [2.05, 4.69) is 0 Å². The Morgan fingerprint density at radius 1 is 1.21 bits per heavy atom. The molecule has 0 unspecified atom stereocenters. The fraction of sp³-hybridized carbons (Fsp3) is 0.0909. The van der Waals surface area contributed by atoms with Crippen molar-refractivity contribution in [2.24, 2.45) is 0 Å². The van der Waals surface area contributed by atoms with Crippen LogP contribution in [0.4, 0.5) is 0 Å². The lowest BCUT2D eigenvalue weighted by atomic mass is 10.2. The normalized spacial score (nSPS) is 8.50. The van der Waals surface area contributed by atoms with Gasteiger partial charge in [0.05, 0.1) is 0 Å². The zero-order valence-electron chi connectivity index (χ0n) is 7.69. The molecule has 3 heteroatoms. The van der Waals surface area contributed by atoms with E-state index < -0.39 is 0 Å². The van der Waals surface area contributed by atoms with Crippen LogP contribution in [0.3, 0.4) is 0 Å². The van der Waals surface area contributed by atoms with Gasteiger partial charge in [0, 0.05) is 10.3 Å². The van der Waals surface area contributed by atoms with Gasteiger partial charge in [0.15, 0.2) is 0 Å². The molecule has 0 aliphatic rings. The molecule has 0 radical (unpaired) electrons. The highest BCUT2D eigenvalue weighted by molar-refractivity contribution is 8.02. The van der Waals surface area contributed by atoms with E-state index in [1.54, 1.807) is 5.41 Å². The van der Waals surface area contributed by atoms with Gasteiger partial charge in [-0.3, -0.25) is 0 Å². The Morgan fingerprint density at radius 2 is 1.79 bits per heavy atom. The van der Waals surface area contributed by atoms with Crippen LogP contribution < -0.4 is 0 Å². The lowest BCUT2D eigenvalue weighted by Crippen LogP contribution is -1.72. The first-order valence-corrected chi connectivity index (χ1v) is 4.88. The number of benzene rings is 1. The molecule has 68 valence electrons. The summed E-state index contributed by atoms with van der Waals surface area (Å²) in [6.45, 7) is 2.01. The Balaban J connectivity index is 2.73. The van der Waals surface area contributed by atoms with Crippen molar-refractivity contribution in [3.8, 4) is 12.1 Å². The Labute approximate surface area is 87.5 Å². The van der Waals surface area contributed by atoms with E-state index in [1.165, 1.54) is 17.3 Å². The third kappa shape index (κ3) is 2.97. The predicted octanol–water partition coefficient (Wildman–Crippen LogP) is 3.02. The minimum Gasteiger partial charge on any atom is -0.192 e. The minimum atomic E-state index is 0.135. The highest BCUT2D eigenvalue weighted by Gasteiger charge is 1.93. The van der Waals surface area contributed by atoms with Crippen LogP contribution in [0, 0.1) is 29.6 Å². The van der Waals surface area contributed by atoms with Crippen molar-refractivity contribution < 1.29 is 0 Å². The van der Waals surface area contributed by atoms with Crippen LogP contribution in [0.1, 0.15) is 5.56 Å². The van der Waals surface area contributed by atoms with Crippen LogP contribution in [-0.2, 0) is 0 Å². The lowest BCUT2D eigenvalue weighted by molar-refractivity contribution is 1.38. The van der Waals surface area contributed by atoms with Gasteiger partial charge in [0.2, 0.25) is 0 Å². The standard InChI is InChI=1S/C11H8N2S/c1-9-2-4-11(5-3-9)14-8-10(6-12)7-13/h2-5,8H,1H3. The van der Waals surface area contributed by atoms with Gasteiger partial charge in [-0.1, -0.05) is 29.5 Å². The summed E-state index contributed by atoms with van der Waals surface area (Å²) < 4.78 is 0. The zero-order chi connectivity index (χ0) is 10.4. The number of allylic oxidation sites excluding steroid dienone is 1. The van der Waals surface area contributed by atoms with Crippen LogP contribution in [0.15, 0.2) is 40.1 Å². The second kappa shape index (κ2) is 5.11. The molecule has 1 aromatic carbocycles. The van der Waals surface area contributed by atoms with Crippen LogP contribution in [-0.4, -0.2) is 0 Å². The number of hydrogen-bond acceptors (Lipinski definition) is 3. The molecule has 0 spiro atoms. The van der Waals surface area contributed by atoms with E-state index in [4.69, 9.17) is 10.5 Å². The summed E-state index contributed by atoms with van der Waals surface area (Å²) >= 11 is 1.38. The van der Waals surface area contributed by atoms with E-state index in [9.17, 15) is 0 Å². The maximum absolute atomic E-state index is 8.49. The quantitative estimate of drug-likeness (QED) is 0.544. The smallest absolute Gasteiger partial charge is 0.136 e. The van der Waals surface area contributed by atoms with E-state index in [0.29, 0.717) is 0 Å². The summed E-state index contributed by atoms with van der Waals surface area (Å²) in [6.07, 6.45) is 0. The van der Waals surface area contributed by atoms with Gasteiger partial charge in [-0.2, -0.15) is 10.5 Å². The number of hydrogen-bond donors (Lipinski definition) is 0. The van der Waals surface area contributed by atoms with Gasteiger partial charge < -0.3 is 0 Å². The Bertz CT molecular complexity index is 402. The van der Waals surface area contributed by atoms with E-state index in [-0.39, 0.29) is 5.57 Å². The molecule has 2 nitrogen and oxygen atoms in total. The molecule has 0 N–H and O–H groups in total. The van der Waals surface area contributed by atoms with Crippen molar-refractivity contribution in [2.75, 3.05) is 0 Å². The molecule has 0 aliphatic heterocycles. The molecular formula is C11H8N2S. The van der Waals surface area contributed by atoms with E-state index >= 15 is 0 Å². The summed E-state index contributed by atoms with van der Waals surface area (Å²) in [5.74, 6) is 0. The second-order valence-electron chi connectivity index (χ2n) is 2.69. The minimum absolute atomic E-state index is 0.135. The van der Waals surface area contributed by atoms with Crippen LogP contribution >= 0.6 is 11.8 Å². The molecule has 0 saturated carbocycles.